The maximum absolute atomic E-state index is 10.8. The molecule has 0 aliphatic rings. The number of carbonyl (C=O) groups is 1. The highest BCUT2D eigenvalue weighted by Crippen LogP contribution is 1.99. The first-order chi connectivity index (χ1) is 5.61. The van der Waals surface area contributed by atoms with E-state index in [0.29, 0.717) is 0 Å². The number of esters is 1. The Labute approximate surface area is 71.4 Å². The Bertz CT molecular complexity index is 220. The third-order valence-electron chi connectivity index (χ3n) is 1.05. The molecule has 0 aliphatic heterocycles. The molecule has 0 heterocycles. The minimum Gasteiger partial charge on any atom is -0.464 e. The summed E-state index contributed by atoms with van der Waals surface area (Å²) < 4.78 is 4.66. The van der Waals surface area contributed by atoms with Crippen molar-refractivity contribution >= 4 is 5.97 Å². The largest absolute Gasteiger partial charge is 0.464 e. The zero-order valence-corrected chi connectivity index (χ0v) is 7.07. The fourth-order valence-electron chi connectivity index (χ4n) is 0.466. The highest BCUT2D eigenvalue weighted by molar-refractivity contribution is 5.78. The Morgan fingerprint density at radius 1 is 1.42 bits per heavy atom. The first-order valence-electron chi connectivity index (χ1n) is 3.57. The van der Waals surface area contributed by atoms with Crippen LogP contribution in [0.1, 0.15) is 13.8 Å². The molecule has 0 radical (unpaired) electrons. The molecule has 0 aromatic carbocycles. The zero-order chi connectivity index (χ0) is 9.56. The van der Waals surface area contributed by atoms with Crippen LogP contribution in [0.3, 0.4) is 0 Å². The van der Waals surface area contributed by atoms with Crippen LogP contribution in [0.25, 0.3) is 0 Å². The molecule has 12 heavy (non-hydrogen) atoms. The number of carbonyl (C=O) groups excluding carboxylic acids is 1. The average Bonchev–Trinajstić information content (AvgIpc) is 2.03. The van der Waals surface area contributed by atoms with Crippen LogP contribution >= 0.6 is 0 Å². The minimum atomic E-state index is -1.29. The predicted molar refractivity (Wildman–Crippen MR) is 40.5 cm³/mol. The van der Waals surface area contributed by atoms with Crippen LogP contribution in [-0.2, 0) is 9.53 Å². The van der Waals surface area contributed by atoms with Crippen LogP contribution in [-0.4, -0.2) is 12.6 Å². The first kappa shape index (κ1) is 10.4. The van der Waals surface area contributed by atoms with Crippen molar-refractivity contribution in [2.24, 2.45) is 11.8 Å². The molecule has 0 N–H and O–H groups in total. The maximum Gasteiger partial charge on any atom is 0.338 e. The van der Waals surface area contributed by atoms with E-state index in [-0.39, 0.29) is 12.5 Å². The van der Waals surface area contributed by atoms with Gasteiger partial charge in [-0.1, -0.05) is 13.8 Å². The molecule has 4 nitrogen and oxygen atoms in total. The van der Waals surface area contributed by atoms with Gasteiger partial charge in [0.1, 0.15) is 0 Å². The Hall–Kier alpha value is -1.55. The van der Waals surface area contributed by atoms with Crippen molar-refractivity contribution in [1.29, 1.82) is 10.5 Å². The summed E-state index contributed by atoms with van der Waals surface area (Å²) in [7, 11) is 0. The van der Waals surface area contributed by atoms with E-state index in [4.69, 9.17) is 10.5 Å². The van der Waals surface area contributed by atoms with E-state index < -0.39 is 11.9 Å². The van der Waals surface area contributed by atoms with Crippen molar-refractivity contribution in [1.82, 2.24) is 0 Å². The summed E-state index contributed by atoms with van der Waals surface area (Å²) in [6, 6.07) is 3.08. The van der Waals surface area contributed by atoms with Crippen molar-refractivity contribution in [3.8, 4) is 12.1 Å². The summed E-state index contributed by atoms with van der Waals surface area (Å²) in [6.45, 7) is 4.00. The summed E-state index contributed by atoms with van der Waals surface area (Å²) in [4.78, 5) is 10.8. The number of hydrogen-bond acceptors (Lipinski definition) is 4. The molecule has 64 valence electrons. The molecule has 0 aromatic rings. The molecule has 0 bridgehead atoms. The lowest BCUT2D eigenvalue weighted by atomic mass is 10.2. The van der Waals surface area contributed by atoms with E-state index >= 15 is 0 Å². The van der Waals surface area contributed by atoms with Crippen LogP contribution in [0, 0.1) is 34.5 Å². The van der Waals surface area contributed by atoms with Gasteiger partial charge >= 0.3 is 5.97 Å². The molecule has 0 rings (SSSR count). The van der Waals surface area contributed by atoms with Gasteiger partial charge in [-0.2, -0.15) is 10.5 Å². The Morgan fingerprint density at radius 3 is 2.25 bits per heavy atom. The lowest BCUT2D eigenvalue weighted by molar-refractivity contribution is -0.145. The molecular weight excluding hydrogens is 156 g/mol. The van der Waals surface area contributed by atoms with Crippen LogP contribution in [0.2, 0.25) is 0 Å². The van der Waals surface area contributed by atoms with Crippen molar-refractivity contribution in [3.63, 3.8) is 0 Å². The molecule has 4 heteroatoms. The van der Waals surface area contributed by atoms with Crippen molar-refractivity contribution in [2.75, 3.05) is 6.61 Å². The highest BCUT2D eigenvalue weighted by atomic mass is 16.5. The van der Waals surface area contributed by atoms with Gasteiger partial charge in [0, 0.05) is 0 Å². The topological polar surface area (TPSA) is 73.9 Å². The third kappa shape index (κ3) is 3.58. The van der Waals surface area contributed by atoms with E-state index in [1.54, 1.807) is 0 Å². The van der Waals surface area contributed by atoms with Crippen molar-refractivity contribution in [3.05, 3.63) is 0 Å². The molecule has 0 saturated carbocycles. The number of hydrogen-bond donors (Lipinski definition) is 0. The van der Waals surface area contributed by atoms with Crippen LogP contribution < -0.4 is 0 Å². The van der Waals surface area contributed by atoms with E-state index in [2.05, 4.69) is 4.74 Å². The lowest BCUT2D eigenvalue weighted by Crippen LogP contribution is -2.17. The Balaban J connectivity index is 3.90. The fraction of sp³-hybridized carbons (Fsp3) is 0.625. The fourth-order valence-corrected chi connectivity index (χ4v) is 0.466. The maximum atomic E-state index is 10.8. The Kier molecular flexibility index (Phi) is 4.48. The van der Waals surface area contributed by atoms with Gasteiger partial charge in [-0.3, -0.25) is 0 Å². The SMILES string of the molecule is CC(C)COC(=O)C(C#N)C#N. The molecule has 0 unspecified atom stereocenters. The van der Waals surface area contributed by atoms with E-state index in [9.17, 15) is 4.79 Å². The predicted octanol–water partition coefficient (Wildman–Crippen LogP) is 0.849. The molecule has 0 aliphatic carbocycles. The van der Waals surface area contributed by atoms with E-state index in [1.807, 2.05) is 13.8 Å². The van der Waals surface area contributed by atoms with Crippen LogP contribution in [0.5, 0.6) is 0 Å². The first-order valence-corrected chi connectivity index (χ1v) is 3.57. The molecule has 0 aromatic heterocycles. The van der Waals surface area contributed by atoms with Crippen molar-refractivity contribution < 1.29 is 9.53 Å². The van der Waals surface area contributed by atoms with Crippen LogP contribution in [0.4, 0.5) is 0 Å². The number of ether oxygens (including phenoxy) is 1. The number of nitrogens with zero attached hydrogens (tertiary/aromatic N) is 2. The van der Waals surface area contributed by atoms with Gasteiger partial charge in [-0.05, 0) is 5.92 Å². The summed E-state index contributed by atoms with van der Waals surface area (Å²) in [5.41, 5.74) is 0. The second-order valence-corrected chi connectivity index (χ2v) is 2.72. The summed E-state index contributed by atoms with van der Waals surface area (Å²) in [6.07, 6.45) is 0. The normalized spacial score (nSPS) is 9.17. The van der Waals surface area contributed by atoms with Gasteiger partial charge < -0.3 is 4.74 Å². The molecule has 0 spiro atoms. The minimum absolute atomic E-state index is 0.215. The van der Waals surface area contributed by atoms with Gasteiger partial charge in [0.05, 0.1) is 18.7 Å². The van der Waals surface area contributed by atoms with Gasteiger partial charge in [0.25, 0.3) is 0 Å². The van der Waals surface area contributed by atoms with Gasteiger partial charge in [-0.15, -0.1) is 0 Å². The second-order valence-electron chi connectivity index (χ2n) is 2.72. The molecule has 0 amide bonds. The quantitative estimate of drug-likeness (QED) is 0.582. The molecule has 0 fully saturated rings. The highest BCUT2D eigenvalue weighted by Gasteiger charge is 2.18. The lowest BCUT2D eigenvalue weighted by Gasteiger charge is -2.06. The smallest absolute Gasteiger partial charge is 0.338 e. The number of rotatable bonds is 3. The Morgan fingerprint density at radius 2 is 1.92 bits per heavy atom. The van der Waals surface area contributed by atoms with Crippen LogP contribution in [0.15, 0.2) is 0 Å². The van der Waals surface area contributed by atoms with E-state index in [0.717, 1.165) is 0 Å². The summed E-state index contributed by atoms with van der Waals surface area (Å²) >= 11 is 0. The number of nitriles is 2. The summed E-state index contributed by atoms with van der Waals surface area (Å²) in [5, 5.41) is 16.6. The van der Waals surface area contributed by atoms with Gasteiger partial charge in [0.2, 0.25) is 5.92 Å². The second kappa shape index (κ2) is 5.15. The zero-order valence-electron chi connectivity index (χ0n) is 7.07. The monoisotopic (exact) mass is 166 g/mol. The molecular formula is C8H10N2O2. The standard InChI is InChI=1S/C8H10N2O2/c1-6(2)5-12-8(11)7(3-9)4-10/h6-7H,5H2,1-2H3. The van der Waals surface area contributed by atoms with Gasteiger partial charge in [-0.25, -0.2) is 4.79 Å². The summed E-state index contributed by atoms with van der Waals surface area (Å²) in [5.74, 6) is -1.83. The van der Waals surface area contributed by atoms with Crippen molar-refractivity contribution in [2.45, 2.75) is 13.8 Å². The third-order valence-corrected chi connectivity index (χ3v) is 1.05. The van der Waals surface area contributed by atoms with Gasteiger partial charge in [0.15, 0.2) is 0 Å². The molecule has 0 saturated heterocycles. The average molecular weight is 166 g/mol. The van der Waals surface area contributed by atoms with E-state index in [1.165, 1.54) is 12.1 Å². The molecule has 0 atom stereocenters.